The van der Waals surface area contributed by atoms with Crippen LogP contribution in [0.25, 0.3) is 11.0 Å². The summed E-state index contributed by atoms with van der Waals surface area (Å²) in [6.45, 7) is -0.0636. The average molecular weight is 416 g/mol. The summed E-state index contributed by atoms with van der Waals surface area (Å²) in [5.41, 5.74) is 1.03. The fourth-order valence-electron chi connectivity index (χ4n) is 2.66. The van der Waals surface area contributed by atoms with Crippen molar-refractivity contribution in [3.05, 3.63) is 77.3 Å². The molecule has 28 heavy (non-hydrogen) atoms. The lowest BCUT2D eigenvalue weighted by molar-refractivity contribution is 0.315. The number of ether oxygens (including phenoxy) is 1. The van der Waals surface area contributed by atoms with Gasteiger partial charge in [-0.3, -0.25) is 0 Å². The number of halogens is 1. The molecule has 4 rings (SSSR count). The highest BCUT2D eigenvalue weighted by Gasteiger charge is 2.21. The number of nitrogens with zero attached hydrogens (tertiary/aromatic N) is 2. The summed E-state index contributed by atoms with van der Waals surface area (Å²) >= 11 is 6.30. The second-order valence-corrected chi connectivity index (χ2v) is 7.99. The minimum Gasteiger partial charge on any atom is -0.457 e. The van der Waals surface area contributed by atoms with Gasteiger partial charge in [-0.05, 0) is 46.7 Å². The lowest BCUT2D eigenvalue weighted by Gasteiger charge is -2.14. The maximum absolute atomic E-state index is 12.8. The predicted octanol–water partition coefficient (Wildman–Crippen LogP) is 4.15. The quantitative estimate of drug-likeness (QED) is 0.508. The van der Waals surface area contributed by atoms with Crippen LogP contribution in [-0.4, -0.2) is 18.7 Å². The normalized spacial score (nSPS) is 11.6. The van der Waals surface area contributed by atoms with E-state index in [0.717, 1.165) is 0 Å². The summed E-state index contributed by atoms with van der Waals surface area (Å²) in [7, 11) is -3.89. The monoisotopic (exact) mass is 415 g/mol. The molecule has 9 heteroatoms. The van der Waals surface area contributed by atoms with Crippen LogP contribution in [0.1, 0.15) is 5.56 Å². The van der Waals surface area contributed by atoms with Gasteiger partial charge >= 0.3 is 0 Å². The first-order valence-corrected chi connectivity index (χ1v) is 10.1. The van der Waals surface area contributed by atoms with Crippen molar-refractivity contribution in [1.29, 1.82) is 0 Å². The second-order valence-electron chi connectivity index (χ2n) is 5.84. The zero-order valence-corrected chi connectivity index (χ0v) is 15.9. The van der Waals surface area contributed by atoms with E-state index in [0.29, 0.717) is 27.6 Å². The van der Waals surface area contributed by atoms with Gasteiger partial charge in [0.05, 0.1) is 0 Å². The third-order valence-electron chi connectivity index (χ3n) is 4.02. The zero-order chi connectivity index (χ0) is 19.6. The van der Waals surface area contributed by atoms with Gasteiger partial charge in [0, 0.05) is 17.1 Å². The highest BCUT2D eigenvalue weighted by Crippen LogP contribution is 2.31. The summed E-state index contributed by atoms with van der Waals surface area (Å²) in [5, 5.41) is 7.73. The maximum atomic E-state index is 12.8. The van der Waals surface area contributed by atoms with Crippen LogP contribution < -0.4 is 9.46 Å². The fraction of sp³-hybridized carbons (Fsp3) is 0.0526. The minimum atomic E-state index is -3.89. The van der Waals surface area contributed by atoms with E-state index < -0.39 is 10.0 Å². The van der Waals surface area contributed by atoms with E-state index in [1.54, 1.807) is 42.5 Å². The van der Waals surface area contributed by atoms with Crippen molar-refractivity contribution in [2.45, 2.75) is 11.4 Å². The number of aromatic nitrogens is 2. The molecule has 1 N–H and O–H groups in total. The molecule has 142 valence electrons. The number of rotatable bonds is 6. The molecule has 0 radical (unpaired) electrons. The predicted molar refractivity (Wildman–Crippen MR) is 104 cm³/mol. The number of hydrogen-bond donors (Lipinski definition) is 1. The molecule has 0 bridgehead atoms. The van der Waals surface area contributed by atoms with Gasteiger partial charge in [0.2, 0.25) is 10.0 Å². The third kappa shape index (κ3) is 3.70. The summed E-state index contributed by atoms with van der Waals surface area (Å²) in [6.07, 6.45) is 0. The van der Waals surface area contributed by atoms with E-state index in [1.807, 2.05) is 18.2 Å². The van der Waals surface area contributed by atoms with E-state index in [4.69, 9.17) is 16.3 Å². The molecule has 1 aromatic heterocycles. The highest BCUT2D eigenvalue weighted by molar-refractivity contribution is 7.89. The molecule has 0 spiro atoms. The smallest absolute Gasteiger partial charge is 0.243 e. The molecule has 0 saturated carbocycles. The minimum absolute atomic E-state index is 0.0242. The lowest BCUT2D eigenvalue weighted by Crippen LogP contribution is -2.24. The molecule has 0 aliphatic carbocycles. The van der Waals surface area contributed by atoms with Crippen LogP contribution in [0.4, 0.5) is 0 Å². The first kappa shape index (κ1) is 18.4. The molecule has 7 nitrogen and oxygen atoms in total. The standard InChI is InChI=1S/C19H14ClN3O4S/c20-15-8-4-10-17(26-13-6-2-1-3-7-13)14(15)12-21-28(24,25)18-11-5-9-16-19(18)23-27-22-16/h1-11,21H,12H2. The van der Waals surface area contributed by atoms with Crippen molar-refractivity contribution in [3.63, 3.8) is 0 Å². The van der Waals surface area contributed by atoms with E-state index in [-0.39, 0.29) is 17.0 Å². The Labute approximate surface area is 165 Å². The van der Waals surface area contributed by atoms with Crippen LogP contribution in [0.3, 0.4) is 0 Å². The van der Waals surface area contributed by atoms with Crippen LogP contribution >= 0.6 is 11.6 Å². The first-order valence-electron chi connectivity index (χ1n) is 8.26. The van der Waals surface area contributed by atoms with Crippen LogP contribution in [0.2, 0.25) is 5.02 Å². The van der Waals surface area contributed by atoms with Gasteiger partial charge in [-0.2, -0.15) is 0 Å². The Morgan fingerprint density at radius 3 is 2.57 bits per heavy atom. The Bertz CT molecular complexity index is 1230. The SMILES string of the molecule is O=S(=O)(NCc1c(Cl)cccc1Oc1ccccc1)c1cccc2nonc12. The van der Waals surface area contributed by atoms with Crippen molar-refractivity contribution >= 4 is 32.7 Å². The molecule has 1 heterocycles. The Balaban J connectivity index is 1.62. The van der Waals surface area contributed by atoms with Crippen molar-refractivity contribution < 1.29 is 17.8 Å². The van der Waals surface area contributed by atoms with Crippen molar-refractivity contribution in [2.24, 2.45) is 0 Å². The number of fused-ring (bicyclic) bond motifs is 1. The third-order valence-corrected chi connectivity index (χ3v) is 5.81. The Hall–Kier alpha value is -2.94. The second kappa shape index (κ2) is 7.59. The van der Waals surface area contributed by atoms with Crippen LogP contribution in [-0.2, 0) is 16.6 Å². The molecular formula is C19H14ClN3O4S. The fourth-order valence-corrected chi connectivity index (χ4v) is 4.04. The summed E-state index contributed by atoms with van der Waals surface area (Å²) in [4.78, 5) is -0.0242. The van der Waals surface area contributed by atoms with Gasteiger partial charge in [0.15, 0.2) is 5.52 Å². The summed E-state index contributed by atoms with van der Waals surface area (Å²) in [5.74, 6) is 1.08. The molecule has 0 unspecified atom stereocenters. The van der Waals surface area contributed by atoms with Crippen LogP contribution in [0.5, 0.6) is 11.5 Å². The zero-order valence-electron chi connectivity index (χ0n) is 14.4. The molecule has 3 aromatic carbocycles. The van der Waals surface area contributed by atoms with Crippen molar-refractivity contribution in [3.8, 4) is 11.5 Å². The summed E-state index contributed by atoms with van der Waals surface area (Å²) in [6, 6.07) is 18.9. The number of para-hydroxylation sites is 1. The molecule has 0 saturated heterocycles. The van der Waals surface area contributed by atoms with Crippen LogP contribution in [0.15, 0.2) is 76.3 Å². The molecule has 0 atom stereocenters. The largest absolute Gasteiger partial charge is 0.457 e. The number of hydrogen-bond acceptors (Lipinski definition) is 6. The van der Waals surface area contributed by atoms with Crippen molar-refractivity contribution in [1.82, 2.24) is 15.0 Å². The lowest BCUT2D eigenvalue weighted by atomic mass is 10.2. The van der Waals surface area contributed by atoms with Gasteiger partial charge in [0.25, 0.3) is 0 Å². The van der Waals surface area contributed by atoms with E-state index in [9.17, 15) is 8.42 Å². The van der Waals surface area contributed by atoms with E-state index in [2.05, 4.69) is 19.7 Å². The molecule has 0 amide bonds. The molecule has 0 fully saturated rings. The van der Waals surface area contributed by atoms with Gasteiger partial charge in [-0.15, -0.1) is 0 Å². The molecule has 0 aliphatic rings. The van der Waals surface area contributed by atoms with Crippen LogP contribution in [0, 0.1) is 0 Å². The van der Waals surface area contributed by atoms with E-state index in [1.165, 1.54) is 6.07 Å². The van der Waals surface area contributed by atoms with Gasteiger partial charge in [-0.25, -0.2) is 17.8 Å². The summed E-state index contributed by atoms with van der Waals surface area (Å²) < 4.78 is 38.6. The van der Waals surface area contributed by atoms with Crippen molar-refractivity contribution in [2.75, 3.05) is 0 Å². The Morgan fingerprint density at radius 1 is 0.964 bits per heavy atom. The number of sulfonamides is 1. The topological polar surface area (TPSA) is 94.3 Å². The highest BCUT2D eigenvalue weighted by atomic mass is 35.5. The molecule has 4 aromatic rings. The first-order chi connectivity index (χ1) is 13.5. The van der Waals surface area contributed by atoms with Gasteiger partial charge < -0.3 is 4.74 Å². The average Bonchev–Trinajstić information content (AvgIpc) is 3.17. The Morgan fingerprint density at radius 2 is 1.75 bits per heavy atom. The maximum Gasteiger partial charge on any atom is 0.243 e. The molecule has 0 aliphatic heterocycles. The Kier molecular flexibility index (Phi) is 4.99. The van der Waals surface area contributed by atoms with Gasteiger partial charge in [-0.1, -0.05) is 41.9 Å². The van der Waals surface area contributed by atoms with Gasteiger partial charge in [0.1, 0.15) is 21.9 Å². The molecular weight excluding hydrogens is 402 g/mol. The number of nitrogens with one attached hydrogen (secondary N) is 1. The number of benzene rings is 3. The van der Waals surface area contributed by atoms with E-state index >= 15 is 0 Å².